The lowest BCUT2D eigenvalue weighted by Gasteiger charge is -2.33. The maximum absolute atomic E-state index is 12.3. The van der Waals surface area contributed by atoms with Crippen LogP contribution >= 0.6 is 27.5 Å². The fourth-order valence-corrected chi connectivity index (χ4v) is 3.61. The third-order valence-electron chi connectivity index (χ3n) is 4.43. The maximum Gasteiger partial charge on any atom is 0.252 e. The van der Waals surface area contributed by atoms with Crippen molar-refractivity contribution in [1.29, 1.82) is 0 Å². The molecule has 1 aliphatic rings. The van der Waals surface area contributed by atoms with Crippen molar-refractivity contribution in [3.05, 3.63) is 69.2 Å². The molecule has 3 rings (SSSR count). The number of hydrogen-bond donors (Lipinski definition) is 1. The molecule has 1 aliphatic heterocycles. The van der Waals surface area contributed by atoms with Crippen LogP contribution < -0.4 is 5.32 Å². The number of hydrogen-bond acceptors (Lipinski definition) is 3. The van der Waals surface area contributed by atoms with Gasteiger partial charge in [-0.25, -0.2) is 0 Å². The highest BCUT2D eigenvalue weighted by Gasteiger charge is 2.21. The number of benzene rings is 2. The number of rotatable bonds is 6. The summed E-state index contributed by atoms with van der Waals surface area (Å²) in [7, 11) is 0. The smallest absolute Gasteiger partial charge is 0.252 e. The van der Waals surface area contributed by atoms with E-state index in [2.05, 4.69) is 38.3 Å². The summed E-state index contributed by atoms with van der Waals surface area (Å²) in [6.45, 7) is 4.10. The van der Waals surface area contributed by atoms with E-state index in [4.69, 9.17) is 16.3 Å². The third kappa shape index (κ3) is 5.30. The van der Waals surface area contributed by atoms with Crippen molar-refractivity contribution in [3.63, 3.8) is 0 Å². The minimum absolute atomic E-state index is 0.125. The van der Waals surface area contributed by atoms with Gasteiger partial charge in [0.15, 0.2) is 0 Å². The molecule has 4 nitrogen and oxygen atoms in total. The van der Waals surface area contributed by atoms with Gasteiger partial charge in [-0.05, 0) is 30.2 Å². The highest BCUT2D eigenvalue weighted by molar-refractivity contribution is 9.10. The Bertz CT molecular complexity index is 742. The summed E-state index contributed by atoms with van der Waals surface area (Å²) in [4.78, 5) is 14.6. The third-order valence-corrected chi connectivity index (χ3v) is 5.25. The van der Waals surface area contributed by atoms with Gasteiger partial charge in [0.2, 0.25) is 0 Å². The van der Waals surface area contributed by atoms with E-state index in [0.717, 1.165) is 37.1 Å². The molecule has 2 aromatic carbocycles. The highest BCUT2D eigenvalue weighted by Crippen LogP contribution is 2.22. The molecule has 0 saturated carbocycles. The second-order valence-electron chi connectivity index (χ2n) is 6.30. The first-order chi connectivity index (χ1) is 12.6. The Labute approximate surface area is 167 Å². The number of ether oxygens (including phenoxy) is 1. The standard InChI is InChI=1S/C20H22BrClN2O2/c21-16-7-8-18(22)17(13-16)20(25)23-9-4-10-24-11-12-26-19(14-24)15-5-2-1-3-6-15/h1-3,5-8,13,19H,4,9-12,14H2,(H,23,25). The van der Waals surface area contributed by atoms with E-state index >= 15 is 0 Å². The topological polar surface area (TPSA) is 41.6 Å². The lowest BCUT2D eigenvalue weighted by molar-refractivity contribution is -0.0301. The Morgan fingerprint density at radius 1 is 1.27 bits per heavy atom. The summed E-state index contributed by atoms with van der Waals surface area (Å²) in [6, 6.07) is 15.6. The molecule has 0 aliphatic carbocycles. The molecule has 1 heterocycles. The van der Waals surface area contributed by atoms with Crippen LogP contribution in [0.15, 0.2) is 53.0 Å². The van der Waals surface area contributed by atoms with Gasteiger partial charge in [0, 0.05) is 30.7 Å². The number of carbonyl (C=O) groups is 1. The van der Waals surface area contributed by atoms with Crippen molar-refractivity contribution >= 4 is 33.4 Å². The molecule has 1 fully saturated rings. The van der Waals surface area contributed by atoms with E-state index in [-0.39, 0.29) is 12.0 Å². The summed E-state index contributed by atoms with van der Waals surface area (Å²) < 4.78 is 6.73. The lowest BCUT2D eigenvalue weighted by atomic mass is 10.1. The molecule has 1 N–H and O–H groups in total. The van der Waals surface area contributed by atoms with Crippen molar-refractivity contribution in [2.24, 2.45) is 0 Å². The number of morpholine rings is 1. The number of carbonyl (C=O) groups excluding carboxylic acids is 1. The average Bonchev–Trinajstić information content (AvgIpc) is 2.68. The Balaban J connectivity index is 1.43. The second kappa shape index (κ2) is 9.51. The van der Waals surface area contributed by atoms with Gasteiger partial charge < -0.3 is 10.1 Å². The quantitative estimate of drug-likeness (QED) is 0.685. The molecule has 26 heavy (non-hydrogen) atoms. The van der Waals surface area contributed by atoms with E-state index < -0.39 is 0 Å². The van der Waals surface area contributed by atoms with Crippen LogP contribution in [0, 0.1) is 0 Å². The summed E-state index contributed by atoms with van der Waals surface area (Å²) in [5.41, 5.74) is 1.71. The van der Waals surface area contributed by atoms with Gasteiger partial charge in [-0.15, -0.1) is 0 Å². The van der Waals surface area contributed by atoms with Crippen molar-refractivity contribution in [1.82, 2.24) is 10.2 Å². The number of amides is 1. The zero-order valence-electron chi connectivity index (χ0n) is 14.5. The van der Waals surface area contributed by atoms with Gasteiger partial charge in [0.05, 0.1) is 23.3 Å². The van der Waals surface area contributed by atoms with Crippen LogP contribution in [0.3, 0.4) is 0 Å². The van der Waals surface area contributed by atoms with Crippen molar-refractivity contribution in [2.75, 3.05) is 32.8 Å². The molecular formula is C20H22BrClN2O2. The first kappa shape index (κ1) is 19.4. The molecule has 0 bridgehead atoms. The van der Waals surface area contributed by atoms with Gasteiger partial charge in [-0.3, -0.25) is 9.69 Å². The van der Waals surface area contributed by atoms with E-state index in [1.54, 1.807) is 12.1 Å². The van der Waals surface area contributed by atoms with Gasteiger partial charge in [-0.2, -0.15) is 0 Å². The Hall–Kier alpha value is -1.40. The summed E-state index contributed by atoms with van der Waals surface area (Å²) >= 11 is 9.46. The van der Waals surface area contributed by atoms with Gasteiger partial charge in [0.25, 0.3) is 5.91 Å². The number of halogens is 2. The fourth-order valence-electron chi connectivity index (χ4n) is 3.05. The SMILES string of the molecule is O=C(NCCCN1CCOC(c2ccccc2)C1)c1cc(Br)ccc1Cl. The molecule has 138 valence electrons. The molecule has 1 amide bonds. The molecule has 1 unspecified atom stereocenters. The molecule has 0 radical (unpaired) electrons. The first-order valence-corrected chi connectivity index (χ1v) is 9.93. The summed E-state index contributed by atoms with van der Waals surface area (Å²) in [5, 5.41) is 3.41. The molecule has 6 heteroatoms. The van der Waals surface area contributed by atoms with Gasteiger partial charge >= 0.3 is 0 Å². The van der Waals surface area contributed by atoms with Crippen LogP contribution in [0.5, 0.6) is 0 Å². The van der Waals surface area contributed by atoms with Gasteiger partial charge in [-0.1, -0.05) is 57.9 Å². The van der Waals surface area contributed by atoms with Crippen molar-refractivity contribution in [2.45, 2.75) is 12.5 Å². The molecule has 0 aromatic heterocycles. The second-order valence-corrected chi connectivity index (χ2v) is 7.63. The number of nitrogens with one attached hydrogen (secondary N) is 1. The van der Waals surface area contributed by atoms with Crippen molar-refractivity contribution in [3.8, 4) is 0 Å². The summed E-state index contributed by atoms with van der Waals surface area (Å²) in [6.07, 6.45) is 1.01. The van der Waals surface area contributed by atoms with Crippen LogP contribution in [-0.4, -0.2) is 43.6 Å². The van der Waals surface area contributed by atoms with E-state index in [9.17, 15) is 4.79 Å². The van der Waals surface area contributed by atoms with E-state index in [0.29, 0.717) is 17.1 Å². The summed E-state index contributed by atoms with van der Waals surface area (Å²) in [5.74, 6) is -0.138. The monoisotopic (exact) mass is 436 g/mol. The fraction of sp³-hybridized carbons (Fsp3) is 0.350. The van der Waals surface area contributed by atoms with Crippen molar-refractivity contribution < 1.29 is 9.53 Å². The van der Waals surface area contributed by atoms with Crippen LogP contribution in [0.25, 0.3) is 0 Å². The van der Waals surface area contributed by atoms with Gasteiger partial charge in [0.1, 0.15) is 0 Å². The van der Waals surface area contributed by atoms with Crippen LogP contribution in [0.4, 0.5) is 0 Å². The predicted molar refractivity (Wildman–Crippen MR) is 108 cm³/mol. The molecule has 1 atom stereocenters. The Morgan fingerprint density at radius 2 is 2.08 bits per heavy atom. The minimum atomic E-state index is -0.138. The maximum atomic E-state index is 12.3. The molecule has 0 spiro atoms. The average molecular weight is 438 g/mol. The van der Waals surface area contributed by atoms with Crippen LogP contribution in [0.1, 0.15) is 28.4 Å². The van der Waals surface area contributed by atoms with E-state index in [1.165, 1.54) is 5.56 Å². The largest absolute Gasteiger partial charge is 0.371 e. The molecular weight excluding hydrogens is 416 g/mol. The Morgan fingerprint density at radius 3 is 2.88 bits per heavy atom. The van der Waals surface area contributed by atoms with Crippen LogP contribution in [0.2, 0.25) is 5.02 Å². The minimum Gasteiger partial charge on any atom is -0.371 e. The zero-order valence-corrected chi connectivity index (χ0v) is 16.8. The zero-order chi connectivity index (χ0) is 18.4. The Kier molecular flexibility index (Phi) is 7.08. The predicted octanol–water partition coefficient (Wildman–Crippen LogP) is 4.30. The first-order valence-electron chi connectivity index (χ1n) is 8.75. The van der Waals surface area contributed by atoms with E-state index in [1.807, 2.05) is 24.3 Å². The highest BCUT2D eigenvalue weighted by atomic mass is 79.9. The number of nitrogens with zero attached hydrogens (tertiary/aromatic N) is 1. The normalized spacial score (nSPS) is 17.8. The lowest BCUT2D eigenvalue weighted by Crippen LogP contribution is -2.39. The molecule has 2 aromatic rings. The van der Waals surface area contributed by atoms with Crippen LogP contribution in [-0.2, 0) is 4.74 Å². The molecule has 1 saturated heterocycles.